The summed E-state index contributed by atoms with van der Waals surface area (Å²) < 4.78 is 5.67. The number of ether oxygens (including phenoxy) is 1. The van der Waals surface area contributed by atoms with Gasteiger partial charge >= 0.3 is 0 Å². The first-order chi connectivity index (χ1) is 12.5. The van der Waals surface area contributed by atoms with Crippen molar-refractivity contribution in [3.8, 4) is 5.75 Å². The van der Waals surface area contributed by atoms with E-state index < -0.39 is 0 Å². The van der Waals surface area contributed by atoms with Crippen molar-refractivity contribution >= 4 is 18.0 Å². The molecule has 0 saturated carbocycles. The Kier molecular flexibility index (Phi) is 8.12. The summed E-state index contributed by atoms with van der Waals surface area (Å²) in [6.07, 6.45) is 6.04. The zero-order chi connectivity index (χ0) is 18.8. The van der Waals surface area contributed by atoms with Crippen LogP contribution in [0.1, 0.15) is 51.5 Å². The molecule has 1 saturated heterocycles. The average molecular weight is 359 g/mol. The number of likely N-dealkylation sites (tertiary alicyclic amines) is 1. The predicted octanol–water partition coefficient (Wildman–Crippen LogP) is 2.96. The van der Waals surface area contributed by atoms with E-state index in [0.717, 1.165) is 37.0 Å². The van der Waals surface area contributed by atoms with Gasteiger partial charge in [0, 0.05) is 13.0 Å². The maximum atomic E-state index is 11.9. The highest BCUT2D eigenvalue weighted by Gasteiger charge is 2.18. The predicted molar refractivity (Wildman–Crippen MR) is 102 cm³/mol. The molecule has 26 heavy (non-hydrogen) atoms. The minimum atomic E-state index is -0.273. The molecule has 1 aliphatic heterocycles. The number of nitrogens with one attached hydrogen (secondary N) is 1. The molecule has 0 radical (unpaired) electrons. The van der Waals surface area contributed by atoms with Crippen LogP contribution in [0, 0.1) is 5.92 Å². The van der Waals surface area contributed by atoms with Crippen LogP contribution in [0.2, 0.25) is 0 Å². The van der Waals surface area contributed by atoms with Gasteiger partial charge in [-0.05, 0) is 55.0 Å². The summed E-state index contributed by atoms with van der Waals surface area (Å²) in [5.74, 6) is 1.22. The van der Waals surface area contributed by atoms with E-state index in [4.69, 9.17) is 4.74 Å². The van der Waals surface area contributed by atoms with Gasteiger partial charge in [0.15, 0.2) is 0 Å². The lowest BCUT2D eigenvalue weighted by Crippen LogP contribution is -2.39. The Morgan fingerprint density at radius 2 is 2.04 bits per heavy atom. The van der Waals surface area contributed by atoms with Gasteiger partial charge < -0.3 is 9.64 Å². The summed E-state index contributed by atoms with van der Waals surface area (Å²) in [6.45, 7) is 5.75. The fourth-order valence-electron chi connectivity index (χ4n) is 2.66. The van der Waals surface area contributed by atoms with Crippen molar-refractivity contribution in [3.63, 3.8) is 0 Å². The van der Waals surface area contributed by atoms with Gasteiger partial charge in [0.25, 0.3) is 5.91 Å². The standard InChI is InChI=1S/C20H29N3O3/c1-16(2)11-13-26-18-9-7-17(8-10-18)14-21-22-19(24)15-23-12-5-3-4-6-20(23)25/h7-10,14,16H,3-6,11-13,15H2,1-2H3,(H,22,24)/b21-14-. The van der Waals surface area contributed by atoms with Crippen LogP contribution in [0.5, 0.6) is 5.75 Å². The van der Waals surface area contributed by atoms with Crippen molar-refractivity contribution in [2.75, 3.05) is 19.7 Å². The third-order valence-electron chi connectivity index (χ3n) is 4.25. The first kappa shape index (κ1) is 19.9. The lowest BCUT2D eigenvalue weighted by atomic mass is 10.1. The van der Waals surface area contributed by atoms with Gasteiger partial charge in [-0.2, -0.15) is 5.10 Å². The third kappa shape index (κ3) is 7.25. The number of amides is 2. The van der Waals surface area contributed by atoms with Crippen molar-refractivity contribution in [2.45, 2.75) is 46.0 Å². The summed E-state index contributed by atoms with van der Waals surface area (Å²) in [7, 11) is 0. The second kappa shape index (κ2) is 10.6. The number of hydrazone groups is 1. The maximum Gasteiger partial charge on any atom is 0.259 e. The molecule has 2 rings (SSSR count). The molecule has 1 aromatic rings. The lowest BCUT2D eigenvalue weighted by Gasteiger charge is -2.18. The Morgan fingerprint density at radius 1 is 1.27 bits per heavy atom. The van der Waals surface area contributed by atoms with E-state index in [0.29, 0.717) is 25.5 Å². The molecule has 0 atom stereocenters. The van der Waals surface area contributed by atoms with E-state index in [1.807, 2.05) is 24.3 Å². The van der Waals surface area contributed by atoms with Gasteiger partial charge in [-0.1, -0.05) is 20.3 Å². The van der Waals surface area contributed by atoms with E-state index in [1.165, 1.54) is 0 Å². The molecule has 1 N–H and O–H groups in total. The Bertz CT molecular complexity index is 611. The molecular formula is C20H29N3O3. The van der Waals surface area contributed by atoms with E-state index in [1.54, 1.807) is 11.1 Å². The zero-order valence-electron chi connectivity index (χ0n) is 15.7. The summed E-state index contributed by atoms with van der Waals surface area (Å²) in [5.41, 5.74) is 3.35. The molecule has 0 spiro atoms. The van der Waals surface area contributed by atoms with E-state index in [2.05, 4.69) is 24.4 Å². The first-order valence-electron chi connectivity index (χ1n) is 9.37. The molecule has 0 aliphatic carbocycles. The third-order valence-corrected chi connectivity index (χ3v) is 4.25. The highest BCUT2D eigenvalue weighted by atomic mass is 16.5. The number of hydrogen-bond acceptors (Lipinski definition) is 4. The maximum absolute atomic E-state index is 11.9. The second-order valence-electron chi connectivity index (χ2n) is 7.02. The van der Waals surface area contributed by atoms with Crippen LogP contribution in [0.15, 0.2) is 29.4 Å². The fraction of sp³-hybridized carbons (Fsp3) is 0.550. The van der Waals surface area contributed by atoms with Crippen LogP contribution in [0.25, 0.3) is 0 Å². The summed E-state index contributed by atoms with van der Waals surface area (Å²) in [6, 6.07) is 7.55. The average Bonchev–Trinajstić information content (AvgIpc) is 2.81. The normalized spacial score (nSPS) is 15.3. The molecule has 0 bridgehead atoms. The molecule has 6 nitrogen and oxygen atoms in total. The summed E-state index contributed by atoms with van der Waals surface area (Å²) in [4.78, 5) is 25.4. The molecule has 1 aliphatic rings. The topological polar surface area (TPSA) is 71.0 Å². The molecule has 6 heteroatoms. The van der Waals surface area contributed by atoms with E-state index in [-0.39, 0.29) is 18.4 Å². The van der Waals surface area contributed by atoms with Crippen LogP contribution >= 0.6 is 0 Å². The fourth-order valence-corrected chi connectivity index (χ4v) is 2.66. The molecule has 0 unspecified atom stereocenters. The van der Waals surface area contributed by atoms with Gasteiger partial charge in [-0.3, -0.25) is 9.59 Å². The Labute approximate surface area is 155 Å². The molecule has 142 valence electrons. The largest absolute Gasteiger partial charge is 0.494 e. The van der Waals surface area contributed by atoms with Crippen molar-refractivity contribution in [1.29, 1.82) is 0 Å². The van der Waals surface area contributed by atoms with Gasteiger partial charge in [0.05, 0.1) is 12.8 Å². The number of rotatable bonds is 8. The minimum absolute atomic E-state index is 0.0506. The van der Waals surface area contributed by atoms with Crippen LogP contribution in [-0.4, -0.2) is 42.6 Å². The van der Waals surface area contributed by atoms with Crippen molar-refractivity contribution < 1.29 is 14.3 Å². The quantitative estimate of drug-likeness (QED) is 0.573. The van der Waals surface area contributed by atoms with E-state index >= 15 is 0 Å². The van der Waals surface area contributed by atoms with Crippen molar-refractivity contribution in [2.24, 2.45) is 11.0 Å². The highest BCUT2D eigenvalue weighted by Crippen LogP contribution is 2.13. The Balaban J connectivity index is 1.74. The van der Waals surface area contributed by atoms with Crippen molar-refractivity contribution in [1.82, 2.24) is 10.3 Å². The molecule has 1 fully saturated rings. The van der Waals surface area contributed by atoms with Gasteiger partial charge in [-0.15, -0.1) is 0 Å². The van der Waals surface area contributed by atoms with E-state index in [9.17, 15) is 9.59 Å². The monoisotopic (exact) mass is 359 g/mol. The number of benzene rings is 1. The van der Waals surface area contributed by atoms with Crippen LogP contribution in [0.4, 0.5) is 0 Å². The van der Waals surface area contributed by atoms with Gasteiger partial charge in [-0.25, -0.2) is 5.43 Å². The Morgan fingerprint density at radius 3 is 2.77 bits per heavy atom. The number of carbonyl (C=O) groups excluding carboxylic acids is 2. The second-order valence-corrected chi connectivity index (χ2v) is 7.02. The smallest absolute Gasteiger partial charge is 0.259 e. The number of nitrogens with zero attached hydrogens (tertiary/aromatic N) is 2. The van der Waals surface area contributed by atoms with Gasteiger partial charge in [0.2, 0.25) is 5.91 Å². The highest BCUT2D eigenvalue weighted by molar-refractivity contribution is 5.86. The van der Waals surface area contributed by atoms with Crippen molar-refractivity contribution in [3.05, 3.63) is 29.8 Å². The zero-order valence-corrected chi connectivity index (χ0v) is 15.7. The molecule has 1 aromatic carbocycles. The lowest BCUT2D eigenvalue weighted by molar-refractivity contribution is -0.135. The van der Waals surface area contributed by atoms with Gasteiger partial charge in [0.1, 0.15) is 12.3 Å². The van der Waals surface area contributed by atoms with Crippen LogP contribution in [-0.2, 0) is 9.59 Å². The molecule has 1 heterocycles. The summed E-state index contributed by atoms with van der Waals surface area (Å²) in [5, 5.41) is 3.97. The summed E-state index contributed by atoms with van der Waals surface area (Å²) >= 11 is 0. The Hall–Kier alpha value is -2.37. The molecular weight excluding hydrogens is 330 g/mol. The van der Waals surface area contributed by atoms with Crippen LogP contribution < -0.4 is 10.2 Å². The number of hydrogen-bond donors (Lipinski definition) is 1. The van der Waals surface area contributed by atoms with Crippen LogP contribution in [0.3, 0.4) is 0 Å². The molecule has 0 aromatic heterocycles. The SMILES string of the molecule is CC(C)CCOc1ccc(/C=N\NC(=O)CN2CCCCCC2=O)cc1. The number of carbonyl (C=O) groups is 2. The molecule has 2 amide bonds. The minimum Gasteiger partial charge on any atom is -0.494 e. The first-order valence-corrected chi connectivity index (χ1v) is 9.37.